The van der Waals surface area contributed by atoms with E-state index in [0.29, 0.717) is 24.1 Å². The van der Waals surface area contributed by atoms with Crippen molar-refractivity contribution in [2.45, 2.75) is 59.4 Å². The predicted octanol–water partition coefficient (Wildman–Crippen LogP) is 4.35. The Labute approximate surface area is 181 Å². The molecule has 3 aromatic rings. The predicted molar refractivity (Wildman–Crippen MR) is 120 cm³/mol. The third-order valence-corrected chi connectivity index (χ3v) is 5.59. The van der Waals surface area contributed by atoms with Gasteiger partial charge in [-0.15, -0.1) is 0 Å². The molecule has 9 heteroatoms. The number of rotatable bonds is 6. The summed E-state index contributed by atoms with van der Waals surface area (Å²) in [6.45, 7) is 12.9. The van der Waals surface area contributed by atoms with Crippen molar-refractivity contribution in [2.75, 3.05) is 11.9 Å². The molecule has 0 atom stereocenters. The molecule has 0 saturated heterocycles. The van der Waals surface area contributed by atoms with Gasteiger partial charge in [-0.3, -0.25) is 5.32 Å². The number of nitrogens with one attached hydrogen (secondary N) is 2. The Morgan fingerprint density at radius 3 is 2.67 bits per heavy atom. The molecule has 0 aliphatic carbocycles. The van der Waals surface area contributed by atoms with E-state index in [1.165, 1.54) is 11.3 Å². The lowest BCUT2D eigenvalue weighted by Gasteiger charge is -2.16. The minimum atomic E-state index is -0.281. The smallest absolute Gasteiger partial charge is 0.321 e. The molecule has 0 aromatic carbocycles. The minimum Gasteiger partial charge on any atom is -0.337 e. The summed E-state index contributed by atoms with van der Waals surface area (Å²) in [4.78, 5) is 31.1. The second-order valence-corrected chi connectivity index (χ2v) is 9.48. The second kappa shape index (κ2) is 8.91. The first-order valence-electron chi connectivity index (χ1n) is 10.0. The number of aromatic nitrogens is 5. The monoisotopic (exact) mass is 427 g/mol. The number of hydrogen-bond donors (Lipinski definition) is 2. The largest absolute Gasteiger partial charge is 0.337 e. The van der Waals surface area contributed by atoms with E-state index in [4.69, 9.17) is 0 Å². The van der Waals surface area contributed by atoms with Gasteiger partial charge in [0.2, 0.25) is 0 Å². The maximum absolute atomic E-state index is 12.3. The summed E-state index contributed by atoms with van der Waals surface area (Å²) in [5.41, 5.74) is 2.46. The van der Waals surface area contributed by atoms with Crippen LogP contribution in [0.25, 0.3) is 10.6 Å². The van der Waals surface area contributed by atoms with Gasteiger partial charge in [0, 0.05) is 36.8 Å². The molecule has 2 N–H and O–H groups in total. The van der Waals surface area contributed by atoms with Crippen LogP contribution in [0.3, 0.4) is 0 Å². The molecule has 0 spiro atoms. The van der Waals surface area contributed by atoms with Gasteiger partial charge in [0.15, 0.2) is 5.13 Å². The van der Waals surface area contributed by atoms with Gasteiger partial charge < -0.3 is 9.88 Å². The van der Waals surface area contributed by atoms with Crippen LogP contribution in [0.4, 0.5) is 9.93 Å². The van der Waals surface area contributed by atoms with Gasteiger partial charge in [0.05, 0.1) is 28.3 Å². The summed E-state index contributed by atoms with van der Waals surface area (Å²) < 4.78 is 2.05. The Bertz CT molecular complexity index is 1020. The third-order valence-electron chi connectivity index (χ3n) is 4.49. The SMILES string of the molecule is Cc1nc(NC(=O)NCCc2cn(C(C)C)cn2)sc1-c1ccnc(C(C)(C)C)n1. The first kappa shape index (κ1) is 21.9. The van der Waals surface area contributed by atoms with Crippen LogP contribution in [0.2, 0.25) is 0 Å². The maximum atomic E-state index is 12.3. The van der Waals surface area contributed by atoms with E-state index in [1.807, 2.05) is 30.1 Å². The molecule has 8 nitrogen and oxygen atoms in total. The molecule has 3 aromatic heterocycles. The maximum Gasteiger partial charge on any atom is 0.321 e. The fourth-order valence-corrected chi connectivity index (χ4v) is 3.70. The molecular formula is C21H29N7OS. The van der Waals surface area contributed by atoms with E-state index in [9.17, 15) is 4.79 Å². The molecule has 160 valence electrons. The zero-order chi connectivity index (χ0) is 21.9. The Kier molecular flexibility index (Phi) is 6.50. The Balaban J connectivity index is 1.59. The van der Waals surface area contributed by atoms with Gasteiger partial charge in [0.1, 0.15) is 5.82 Å². The zero-order valence-corrected chi connectivity index (χ0v) is 19.2. The highest BCUT2D eigenvalue weighted by molar-refractivity contribution is 7.19. The van der Waals surface area contributed by atoms with Gasteiger partial charge in [-0.05, 0) is 26.8 Å². The number of aryl methyl sites for hydroxylation is 1. The topological polar surface area (TPSA) is 97.6 Å². The van der Waals surface area contributed by atoms with E-state index in [1.54, 1.807) is 6.20 Å². The number of thiazole rings is 1. The fraction of sp³-hybridized carbons (Fsp3) is 0.476. The van der Waals surface area contributed by atoms with Crippen molar-refractivity contribution >= 4 is 22.5 Å². The molecule has 0 radical (unpaired) electrons. The van der Waals surface area contributed by atoms with Crippen LogP contribution >= 0.6 is 11.3 Å². The highest BCUT2D eigenvalue weighted by Crippen LogP contribution is 2.32. The number of urea groups is 1. The highest BCUT2D eigenvalue weighted by Gasteiger charge is 2.19. The van der Waals surface area contributed by atoms with Crippen LogP contribution in [-0.2, 0) is 11.8 Å². The zero-order valence-electron chi connectivity index (χ0n) is 18.4. The van der Waals surface area contributed by atoms with Crippen molar-refractivity contribution in [2.24, 2.45) is 0 Å². The number of amides is 2. The number of carbonyl (C=O) groups is 1. The minimum absolute atomic E-state index is 0.138. The van der Waals surface area contributed by atoms with Crippen molar-refractivity contribution in [3.05, 3.63) is 42.0 Å². The van der Waals surface area contributed by atoms with Gasteiger partial charge >= 0.3 is 6.03 Å². The number of anilines is 1. The third kappa shape index (κ3) is 5.41. The fourth-order valence-electron chi connectivity index (χ4n) is 2.77. The lowest BCUT2D eigenvalue weighted by molar-refractivity contribution is 0.252. The van der Waals surface area contributed by atoms with E-state index in [2.05, 4.69) is 65.2 Å². The summed E-state index contributed by atoms with van der Waals surface area (Å²) in [5, 5.41) is 6.21. The average molecular weight is 428 g/mol. The number of hydrogen-bond acceptors (Lipinski definition) is 6. The second-order valence-electron chi connectivity index (χ2n) is 8.49. The lowest BCUT2D eigenvalue weighted by atomic mass is 9.95. The summed E-state index contributed by atoms with van der Waals surface area (Å²) in [5.74, 6) is 0.778. The van der Waals surface area contributed by atoms with E-state index >= 15 is 0 Å². The van der Waals surface area contributed by atoms with Gasteiger partial charge in [-0.1, -0.05) is 32.1 Å². The molecule has 30 heavy (non-hydrogen) atoms. The Morgan fingerprint density at radius 1 is 1.23 bits per heavy atom. The van der Waals surface area contributed by atoms with E-state index < -0.39 is 0 Å². The number of nitrogens with zero attached hydrogens (tertiary/aromatic N) is 5. The van der Waals surface area contributed by atoms with E-state index in [-0.39, 0.29) is 11.4 Å². The van der Waals surface area contributed by atoms with Gasteiger partial charge in [-0.25, -0.2) is 24.7 Å². The molecule has 2 amide bonds. The molecular weight excluding hydrogens is 398 g/mol. The molecule has 3 heterocycles. The van der Waals surface area contributed by atoms with Crippen molar-refractivity contribution in [3.63, 3.8) is 0 Å². The highest BCUT2D eigenvalue weighted by atomic mass is 32.1. The van der Waals surface area contributed by atoms with Gasteiger partial charge in [0.25, 0.3) is 0 Å². The molecule has 3 rings (SSSR count). The van der Waals surface area contributed by atoms with Crippen LogP contribution in [0, 0.1) is 6.92 Å². The average Bonchev–Trinajstić information content (AvgIpc) is 3.28. The summed E-state index contributed by atoms with van der Waals surface area (Å²) in [6, 6.07) is 1.96. The summed E-state index contributed by atoms with van der Waals surface area (Å²) in [7, 11) is 0. The summed E-state index contributed by atoms with van der Waals surface area (Å²) >= 11 is 1.41. The van der Waals surface area contributed by atoms with Crippen molar-refractivity contribution < 1.29 is 4.79 Å². The normalized spacial score (nSPS) is 11.7. The van der Waals surface area contributed by atoms with E-state index in [0.717, 1.165) is 27.8 Å². The summed E-state index contributed by atoms with van der Waals surface area (Å²) in [6.07, 6.45) is 6.26. The first-order chi connectivity index (χ1) is 14.1. The molecule has 0 aliphatic heterocycles. The number of imidazole rings is 1. The first-order valence-corrected chi connectivity index (χ1v) is 10.8. The quantitative estimate of drug-likeness (QED) is 0.609. The van der Waals surface area contributed by atoms with Crippen LogP contribution in [0.5, 0.6) is 0 Å². The molecule has 0 fully saturated rings. The van der Waals surface area contributed by atoms with Crippen molar-refractivity contribution in [1.29, 1.82) is 0 Å². The van der Waals surface area contributed by atoms with Gasteiger partial charge in [-0.2, -0.15) is 0 Å². The number of carbonyl (C=O) groups excluding carboxylic acids is 1. The van der Waals surface area contributed by atoms with Crippen molar-refractivity contribution in [1.82, 2.24) is 29.8 Å². The molecule has 0 unspecified atom stereocenters. The standard InChI is InChI=1S/C21H29N7OS/c1-13(2)28-11-15(24-12-28)7-9-23-19(29)27-20-25-14(3)17(30-20)16-8-10-22-18(26-16)21(4,5)6/h8,10-13H,7,9H2,1-6H3,(H2,23,25,27,29). The molecule has 0 saturated carbocycles. The lowest BCUT2D eigenvalue weighted by Crippen LogP contribution is -2.30. The van der Waals surface area contributed by atoms with Crippen molar-refractivity contribution in [3.8, 4) is 10.6 Å². The Morgan fingerprint density at radius 2 is 2.00 bits per heavy atom. The molecule has 0 aliphatic rings. The Hall–Kier alpha value is -2.81. The van der Waals surface area contributed by atoms with Crippen LogP contribution < -0.4 is 10.6 Å². The van der Waals surface area contributed by atoms with Crippen LogP contribution in [-0.4, -0.2) is 37.1 Å². The molecule has 0 bridgehead atoms. The van der Waals surface area contributed by atoms with Crippen LogP contribution in [0.1, 0.15) is 57.9 Å². The van der Waals surface area contributed by atoms with Crippen LogP contribution in [0.15, 0.2) is 24.8 Å².